The van der Waals surface area contributed by atoms with Crippen LogP contribution in [0.2, 0.25) is 0 Å². The van der Waals surface area contributed by atoms with Crippen LogP contribution in [-0.4, -0.2) is 35.1 Å². The number of fused-ring (bicyclic) bond motifs is 2. The second-order valence-electron chi connectivity index (χ2n) is 7.24. The SMILES string of the molecule is CCc1ccc2nc(N(CC3CCCO3)C(=O)c3ccc4ncsc4c3)sc2c1. The van der Waals surface area contributed by atoms with Gasteiger partial charge in [-0.25, -0.2) is 9.97 Å². The zero-order chi connectivity index (χ0) is 19.8. The minimum absolute atomic E-state index is 0.0365. The quantitative estimate of drug-likeness (QED) is 0.437. The van der Waals surface area contributed by atoms with E-state index in [1.807, 2.05) is 29.8 Å². The van der Waals surface area contributed by atoms with Crippen molar-refractivity contribution in [2.75, 3.05) is 18.1 Å². The molecule has 148 valence electrons. The number of amides is 1. The number of thiazole rings is 2. The molecule has 0 bridgehead atoms. The van der Waals surface area contributed by atoms with Gasteiger partial charge in [0.2, 0.25) is 0 Å². The van der Waals surface area contributed by atoms with E-state index in [2.05, 4.69) is 24.0 Å². The number of aryl methyl sites for hydroxylation is 1. The zero-order valence-corrected chi connectivity index (χ0v) is 17.8. The summed E-state index contributed by atoms with van der Waals surface area (Å²) in [5.74, 6) is -0.0365. The molecule has 0 spiro atoms. The number of hydrogen-bond acceptors (Lipinski definition) is 6. The maximum atomic E-state index is 13.5. The van der Waals surface area contributed by atoms with Crippen molar-refractivity contribution in [2.24, 2.45) is 0 Å². The third-order valence-corrected chi connectivity index (χ3v) is 7.15. The molecule has 2 aromatic carbocycles. The number of nitrogens with zero attached hydrogens (tertiary/aromatic N) is 3. The van der Waals surface area contributed by atoms with Gasteiger partial charge in [-0.1, -0.05) is 24.3 Å². The Bertz CT molecular complexity index is 1180. The van der Waals surface area contributed by atoms with Crippen molar-refractivity contribution in [3.63, 3.8) is 0 Å². The normalized spacial score (nSPS) is 16.7. The predicted molar refractivity (Wildman–Crippen MR) is 119 cm³/mol. The number of hydrogen-bond donors (Lipinski definition) is 0. The number of carbonyl (C=O) groups excluding carboxylic acids is 1. The van der Waals surface area contributed by atoms with Crippen LogP contribution in [0.3, 0.4) is 0 Å². The Labute approximate surface area is 177 Å². The molecule has 0 N–H and O–H groups in total. The highest BCUT2D eigenvalue weighted by molar-refractivity contribution is 7.22. The summed E-state index contributed by atoms with van der Waals surface area (Å²) in [6.07, 6.45) is 3.06. The first-order valence-corrected chi connectivity index (χ1v) is 11.6. The summed E-state index contributed by atoms with van der Waals surface area (Å²) < 4.78 is 7.97. The highest BCUT2D eigenvalue weighted by atomic mass is 32.1. The Kier molecular flexibility index (Phi) is 5.03. The van der Waals surface area contributed by atoms with Gasteiger partial charge in [0, 0.05) is 12.2 Å². The van der Waals surface area contributed by atoms with Crippen LogP contribution in [0, 0.1) is 0 Å². The van der Waals surface area contributed by atoms with E-state index in [0.29, 0.717) is 12.1 Å². The third-order valence-electron chi connectivity index (χ3n) is 5.31. The maximum Gasteiger partial charge on any atom is 0.260 e. The number of aromatic nitrogens is 2. The molecule has 1 fully saturated rings. The molecule has 1 aliphatic rings. The molecule has 7 heteroatoms. The lowest BCUT2D eigenvalue weighted by Crippen LogP contribution is -2.37. The second kappa shape index (κ2) is 7.82. The summed E-state index contributed by atoms with van der Waals surface area (Å²) in [6, 6.07) is 12.0. The lowest BCUT2D eigenvalue weighted by atomic mass is 10.1. The van der Waals surface area contributed by atoms with Crippen LogP contribution in [0.5, 0.6) is 0 Å². The number of ether oxygens (including phenoxy) is 1. The van der Waals surface area contributed by atoms with Crippen molar-refractivity contribution in [2.45, 2.75) is 32.3 Å². The Morgan fingerprint density at radius 1 is 1.21 bits per heavy atom. The van der Waals surface area contributed by atoms with Crippen LogP contribution < -0.4 is 4.90 Å². The standard InChI is InChI=1S/C22H21N3O2S2/c1-2-14-5-7-18-20(10-14)29-22(24-18)25(12-16-4-3-9-27-16)21(26)15-6-8-17-19(11-15)28-13-23-17/h5-8,10-11,13,16H,2-4,9,12H2,1H3. The molecule has 0 radical (unpaired) electrons. The summed E-state index contributed by atoms with van der Waals surface area (Å²) >= 11 is 3.12. The average molecular weight is 424 g/mol. The molecule has 1 amide bonds. The molecule has 29 heavy (non-hydrogen) atoms. The van der Waals surface area contributed by atoms with Crippen molar-refractivity contribution in [3.8, 4) is 0 Å². The third kappa shape index (κ3) is 3.66. The summed E-state index contributed by atoms with van der Waals surface area (Å²) in [6.45, 7) is 3.44. The monoisotopic (exact) mass is 423 g/mol. The van der Waals surface area contributed by atoms with Crippen LogP contribution in [0.4, 0.5) is 5.13 Å². The topological polar surface area (TPSA) is 55.3 Å². The van der Waals surface area contributed by atoms with Crippen LogP contribution in [-0.2, 0) is 11.2 Å². The van der Waals surface area contributed by atoms with Gasteiger partial charge >= 0.3 is 0 Å². The molecular formula is C22H21N3O2S2. The Hall–Kier alpha value is -2.35. The van der Waals surface area contributed by atoms with E-state index in [0.717, 1.165) is 51.4 Å². The first kappa shape index (κ1) is 18.7. The van der Waals surface area contributed by atoms with Crippen molar-refractivity contribution < 1.29 is 9.53 Å². The highest BCUT2D eigenvalue weighted by Crippen LogP contribution is 2.32. The minimum Gasteiger partial charge on any atom is -0.376 e. The summed E-state index contributed by atoms with van der Waals surface area (Å²) in [5, 5.41) is 0.734. The lowest BCUT2D eigenvalue weighted by Gasteiger charge is -2.23. The number of carbonyl (C=O) groups is 1. The van der Waals surface area contributed by atoms with Gasteiger partial charge in [-0.2, -0.15) is 0 Å². The van der Waals surface area contributed by atoms with Gasteiger partial charge in [0.25, 0.3) is 5.91 Å². The van der Waals surface area contributed by atoms with Gasteiger partial charge in [0.05, 0.1) is 38.6 Å². The van der Waals surface area contributed by atoms with E-state index in [1.165, 1.54) is 5.56 Å². The van der Waals surface area contributed by atoms with E-state index in [-0.39, 0.29) is 12.0 Å². The first-order chi connectivity index (χ1) is 14.2. The fourth-order valence-electron chi connectivity index (χ4n) is 3.68. The summed E-state index contributed by atoms with van der Waals surface area (Å²) in [4.78, 5) is 24.4. The van der Waals surface area contributed by atoms with E-state index < -0.39 is 0 Å². The molecule has 1 aliphatic heterocycles. The van der Waals surface area contributed by atoms with Gasteiger partial charge in [-0.3, -0.25) is 9.69 Å². The molecule has 0 aliphatic carbocycles. The number of rotatable bonds is 5. The van der Waals surface area contributed by atoms with Gasteiger partial charge in [0.15, 0.2) is 5.13 Å². The molecule has 2 aromatic heterocycles. The largest absolute Gasteiger partial charge is 0.376 e. The molecule has 3 heterocycles. The Balaban J connectivity index is 1.53. The van der Waals surface area contributed by atoms with Gasteiger partial charge in [-0.15, -0.1) is 11.3 Å². The smallest absolute Gasteiger partial charge is 0.260 e. The Morgan fingerprint density at radius 2 is 2.10 bits per heavy atom. The lowest BCUT2D eigenvalue weighted by molar-refractivity contribution is 0.0917. The van der Waals surface area contributed by atoms with Crippen LogP contribution in [0.25, 0.3) is 20.4 Å². The highest BCUT2D eigenvalue weighted by Gasteiger charge is 2.27. The van der Waals surface area contributed by atoms with Gasteiger partial charge in [0.1, 0.15) is 0 Å². The van der Waals surface area contributed by atoms with Crippen molar-refractivity contribution >= 4 is 54.1 Å². The number of anilines is 1. The minimum atomic E-state index is -0.0365. The molecule has 1 atom stereocenters. The molecule has 4 aromatic rings. The van der Waals surface area contributed by atoms with Crippen LogP contribution in [0.1, 0.15) is 35.7 Å². The fraction of sp³-hybridized carbons (Fsp3) is 0.318. The fourth-order valence-corrected chi connectivity index (χ4v) is 5.43. The Morgan fingerprint density at radius 3 is 2.93 bits per heavy atom. The number of benzene rings is 2. The molecule has 5 rings (SSSR count). The van der Waals surface area contributed by atoms with Crippen LogP contribution >= 0.6 is 22.7 Å². The van der Waals surface area contributed by atoms with Crippen molar-refractivity contribution in [1.82, 2.24) is 9.97 Å². The molecule has 1 unspecified atom stereocenters. The van der Waals surface area contributed by atoms with Crippen LogP contribution in [0.15, 0.2) is 41.9 Å². The molecular weight excluding hydrogens is 402 g/mol. The van der Waals surface area contributed by atoms with E-state index in [4.69, 9.17) is 9.72 Å². The second-order valence-corrected chi connectivity index (χ2v) is 9.13. The molecule has 0 saturated carbocycles. The van der Waals surface area contributed by atoms with Gasteiger partial charge < -0.3 is 4.74 Å². The van der Waals surface area contributed by atoms with E-state index in [9.17, 15) is 4.79 Å². The molecule has 5 nitrogen and oxygen atoms in total. The summed E-state index contributed by atoms with van der Waals surface area (Å²) in [7, 11) is 0. The van der Waals surface area contributed by atoms with Gasteiger partial charge in [-0.05, 0) is 55.2 Å². The molecule has 1 saturated heterocycles. The maximum absolute atomic E-state index is 13.5. The van der Waals surface area contributed by atoms with Crippen molar-refractivity contribution in [3.05, 3.63) is 53.0 Å². The van der Waals surface area contributed by atoms with Crippen molar-refractivity contribution in [1.29, 1.82) is 0 Å². The first-order valence-electron chi connectivity index (χ1n) is 9.87. The zero-order valence-electron chi connectivity index (χ0n) is 16.1. The summed E-state index contributed by atoms with van der Waals surface area (Å²) in [5.41, 5.74) is 5.60. The van der Waals surface area contributed by atoms with E-state index in [1.54, 1.807) is 27.6 Å². The average Bonchev–Trinajstić information content (AvgIpc) is 3.50. The van der Waals surface area contributed by atoms with E-state index >= 15 is 0 Å². The predicted octanol–water partition coefficient (Wildman–Crippen LogP) is 5.29.